The summed E-state index contributed by atoms with van der Waals surface area (Å²) in [6, 6.07) is 22.7. The highest BCUT2D eigenvalue weighted by atomic mass is 16.4. The summed E-state index contributed by atoms with van der Waals surface area (Å²) in [7, 11) is 1.99. The van der Waals surface area contributed by atoms with Crippen LogP contribution in [0.1, 0.15) is 6.42 Å². The number of carbonyl (C=O) groups excluding carboxylic acids is 1. The monoisotopic (exact) mass is 412 g/mol. The van der Waals surface area contributed by atoms with Gasteiger partial charge >= 0.3 is 5.76 Å². The number of para-hydroxylation sites is 4. The van der Waals surface area contributed by atoms with Gasteiger partial charge in [-0.25, -0.2) is 9.78 Å². The number of oxazole rings is 1. The third-order valence-corrected chi connectivity index (χ3v) is 5.35. The fourth-order valence-electron chi connectivity index (χ4n) is 3.77. The summed E-state index contributed by atoms with van der Waals surface area (Å²) in [5.41, 5.74) is 4.87. The molecule has 0 aliphatic rings. The van der Waals surface area contributed by atoms with Crippen molar-refractivity contribution < 1.29 is 9.21 Å². The van der Waals surface area contributed by atoms with Gasteiger partial charge in [-0.05, 0) is 48.5 Å². The molecule has 31 heavy (non-hydrogen) atoms. The van der Waals surface area contributed by atoms with Crippen LogP contribution < -0.4 is 11.1 Å². The highest BCUT2D eigenvalue weighted by molar-refractivity contribution is 5.91. The number of nitrogens with one attached hydrogen (secondary N) is 1. The average molecular weight is 412 g/mol. The topological polar surface area (TPSA) is 82.1 Å². The zero-order valence-corrected chi connectivity index (χ0v) is 16.9. The Morgan fingerprint density at radius 1 is 0.968 bits per heavy atom. The van der Waals surface area contributed by atoms with Crippen molar-refractivity contribution in [3.63, 3.8) is 0 Å². The molecule has 0 unspecified atom stereocenters. The maximum absolute atomic E-state index is 12.4. The number of fused-ring (bicyclic) bond motifs is 2. The number of nitrogens with zero attached hydrogens (tertiary/aromatic N) is 3. The summed E-state index contributed by atoms with van der Waals surface area (Å²) < 4.78 is 8.73. The second-order valence-corrected chi connectivity index (χ2v) is 7.35. The van der Waals surface area contributed by atoms with Gasteiger partial charge in [0.05, 0.1) is 16.6 Å². The van der Waals surface area contributed by atoms with Gasteiger partial charge in [-0.1, -0.05) is 24.3 Å². The molecule has 0 radical (unpaired) electrons. The van der Waals surface area contributed by atoms with Crippen molar-refractivity contribution >= 4 is 33.7 Å². The molecule has 7 heteroatoms. The highest BCUT2D eigenvalue weighted by Gasteiger charge is 2.12. The van der Waals surface area contributed by atoms with Crippen LogP contribution in [-0.2, 0) is 18.4 Å². The molecule has 0 bridgehead atoms. The lowest BCUT2D eigenvalue weighted by molar-refractivity contribution is -0.116. The molecule has 154 valence electrons. The number of amides is 1. The number of imidazole rings is 1. The Morgan fingerprint density at radius 3 is 2.45 bits per heavy atom. The molecule has 0 spiro atoms. The van der Waals surface area contributed by atoms with E-state index in [4.69, 9.17) is 9.40 Å². The number of hydrogen-bond donors (Lipinski definition) is 1. The quantitative estimate of drug-likeness (QED) is 0.470. The molecular formula is C24H20N4O3. The minimum Gasteiger partial charge on any atom is -0.408 e. The van der Waals surface area contributed by atoms with Crippen LogP contribution in [0.25, 0.3) is 33.5 Å². The van der Waals surface area contributed by atoms with E-state index in [2.05, 4.69) is 9.88 Å². The SMILES string of the molecule is Cn1c(-c2ccc(NC(=O)CCn3c(=O)oc4ccccc43)cc2)nc2ccccc21. The third kappa shape index (κ3) is 3.50. The van der Waals surface area contributed by atoms with E-state index in [1.165, 1.54) is 4.57 Å². The molecule has 3 aromatic carbocycles. The molecule has 0 atom stereocenters. The van der Waals surface area contributed by atoms with Crippen molar-refractivity contribution in [2.75, 3.05) is 5.32 Å². The summed E-state index contributed by atoms with van der Waals surface area (Å²) in [5.74, 6) is 0.235. The number of benzene rings is 3. The lowest BCUT2D eigenvalue weighted by Crippen LogP contribution is -2.19. The molecule has 2 aromatic heterocycles. The van der Waals surface area contributed by atoms with Gasteiger partial charge < -0.3 is 14.3 Å². The Morgan fingerprint density at radius 2 is 1.68 bits per heavy atom. The number of aryl methyl sites for hydroxylation is 2. The van der Waals surface area contributed by atoms with Crippen LogP contribution >= 0.6 is 0 Å². The number of aromatic nitrogens is 3. The molecule has 2 heterocycles. The molecular weight excluding hydrogens is 392 g/mol. The molecule has 0 fully saturated rings. The molecule has 0 aliphatic heterocycles. The maximum atomic E-state index is 12.4. The van der Waals surface area contributed by atoms with Crippen LogP contribution in [0.2, 0.25) is 0 Å². The summed E-state index contributed by atoms with van der Waals surface area (Å²) in [6.07, 6.45) is 0.163. The average Bonchev–Trinajstić information content (AvgIpc) is 3.29. The van der Waals surface area contributed by atoms with Crippen LogP contribution in [0.5, 0.6) is 0 Å². The van der Waals surface area contributed by atoms with Crippen LogP contribution in [0.4, 0.5) is 5.69 Å². The van der Waals surface area contributed by atoms with Crippen LogP contribution in [0.3, 0.4) is 0 Å². The Hall–Kier alpha value is -4.13. The van der Waals surface area contributed by atoms with Crippen molar-refractivity contribution in [1.82, 2.24) is 14.1 Å². The molecule has 0 aliphatic carbocycles. The minimum atomic E-state index is -0.458. The first kappa shape index (κ1) is 18.9. The molecule has 0 saturated carbocycles. The largest absolute Gasteiger partial charge is 0.419 e. The molecule has 5 rings (SSSR count). The third-order valence-electron chi connectivity index (χ3n) is 5.35. The molecule has 5 aromatic rings. The Kier molecular flexibility index (Phi) is 4.63. The fraction of sp³-hybridized carbons (Fsp3) is 0.125. The molecule has 0 saturated heterocycles. The Bertz CT molecular complexity index is 1460. The van der Waals surface area contributed by atoms with E-state index >= 15 is 0 Å². The Balaban J connectivity index is 1.28. The van der Waals surface area contributed by atoms with E-state index in [0.29, 0.717) is 16.8 Å². The zero-order chi connectivity index (χ0) is 21.4. The summed E-state index contributed by atoms with van der Waals surface area (Å²) in [5, 5.41) is 2.88. The molecule has 1 N–H and O–H groups in total. The summed E-state index contributed by atoms with van der Waals surface area (Å²) >= 11 is 0. The van der Waals surface area contributed by atoms with Crippen LogP contribution in [-0.4, -0.2) is 20.0 Å². The predicted molar refractivity (Wildman–Crippen MR) is 120 cm³/mol. The number of rotatable bonds is 5. The van der Waals surface area contributed by atoms with Gasteiger partial charge in [0.15, 0.2) is 5.58 Å². The lowest BCUT2D eigenvalue weighted by Gasteiger charge is -2.07. The minimum absolute atomic E-state index is 0.163. The molecule has 7 nitrogen and oxygen atoms in total. The highest BCUT2D eigenvalue weighted by Crippen LogP contribution is 2.24. The first-order valence-electron chi connectivity index (χ1n) is 10.0. The van der Waals surface area contributed by atoms with E-state index in [1.54, 1.807) is 18.2 Å². The first-order valence-corrected chi connectivity index (χ1v) is 10.0. The summed E-state index contributed by atoms with van der Waals surface area (Å²) in [4.78, 5) is 29.1. The van der Waals surface area contributed by atoms with Crippen molar-refractivity contribution in [2.45, 2.75) is 13.0 Å². The van der Waals surface area contributed by atoms with Gasteiger partial charge in [0.1, 0.15) is 5.82 Å². The number of anilines is 1. The summed E-state index contributed by atoms with van der Waals surface area (Å²) in [6.45, 7) is 0.250. The van der Waals surface area contributed by atoms with Crippen molar-refractivity contribution in [2.24, 2.45) is 7.05 Å². The van der Waals surface area contributed by atoms with E-state index < -0.39 is 5.76 Å². The second kappa shape index (κ2) is 7.60. The lowest BCUT2D eigenvalue weighted by atomic mass is 10.2. The number of hydrogen-bond acceptors (Lipinski definition) is 4. The van der Waals surface area contributed by atoms with E-state index in [0.717, 1.165) is 22.4 Å². The fourth-order valence-corrected chi connectivity index (χ4v) is 3.77. The van der Waals surface area contributed by atoms with Crippen molar-refractivity contribution in [3.05, 3.63) is 83.3 Å². The van der Waals surface area contributed by atoms with Gasteiger partial charge in [0, 0.05) is 31.3 Å². The maximum Gasteiger partial charge on any atom is 0.419 e. The van der Waals surface area contributed by atoms with E-state index in [-0.39, 0.29) is 18.9 Å². The standard InChI is InChI=1S/C24H20N4O3/c1-27-19-7-3-2-6-18(19)26-23(27)16-10-12-17(13-11-16)25-22(29)14-15-28-20-8-4-5-9-21(20)31-24(28)30/h2-13H,14-15H2,1H3,(H,25,29). The number of carbonyl (C=O) groups is 1. The zero-order valence-electron chi connectivity index (χ0n) is 16.9. The Labute approximate surface area is 177 Å². The first-order chi connectivity index (χ1) is 15.1. The van der Waals surface area contributed by atoms with E-state index in [9.17, 15) is 9.59 Å². The van der Waals surface area contributed by atoms with E-state index in [1.807, 2.05) is 61.6 Å². The van der Waals surface area contributed by atoms with Crippen molar-refractivity contribution in [1.29, 1.82) is 0 Å². The van der Waals surface area contributed by atoms with Gasteiger partial charge in [-0.15, -0.1) is 0 Å². The second-order valence-electron chi connectivity index (χ2n) is 7.35. The molecule has 1 amide bonds. The van der Waals surface area contributed by atoms with Crippen LogP contribution in [0.15, 0.2) is 82.0 Å². The van der Waals surface area contributed by atoms with Gasteiger partial charge in [0.2, 0.25) is 5.91 Å². The van der Waals surface area contributed by atoms with Gasteiger partial charge in [-0.3, -0.25) is 9.36 Å². The smallest absolute Gasteiger partial charge is 0.408 e. The normalized spacial score (nSPS) is 11.3. The van der Waals surface area contributed by atoms with Crippen LogP contribution in [0, 0.1) is 0 Å². The predicted octanol–water partition coefficient (Wildman–Crippen LogP) is 4.18. The van der Waals surface area contributed by atoms with Gasteiger partial charge in [0.25, 0.3) is 0 Å². The van der Waals surface area contributed by atoms with Crippen molar-refractivity contribution in [3.8, 4) is 11.4 Å². The van der Waals surface area contributed by atoms with Gasteiger partial charge in [-0.2, -0.15) is 0 Å².